The molecule has 0 aliphatic carbocycles. The van der Waals surface area contributed by atoms with Gasteiger partial charge in [0.25, 0.3) is 10.2 Å². The van der Waals surface area contributed by atoms with Crippen LogP contribution in [-0.2, 0) is 10.2 Å². The monoisotopic (exact) mass is 308 g/mol. The molecule has 19 heavy (non-hydrogen) atoms. The van der Waals surface area contributed by atoms with Crippen molar-refractivity contribution >= 4 is 21.8 Å². The molecule has 0 aromatic rings. The van der Waals surface area contributed by atoms with E-state index >= 15 is 0 Å². The Morgan fingerprint density at radius 1 is 1.11 bits per heavy atom. The van der Waals surface area contributed by atoms with Gasteiger partial charge in [0.15, 0.2) is 0 Å². The van der Waals surface area contributed by atoms with Gasteiger partial charge >= 0.3 is 0 Å². The van der Waals surface area contributed by atoms with Crippen molar-refractivity contribution in [2.75, 3.05) is 25.5 Å². The third-order valence-electron chi connectivity index (χ3n) is 4.67. The molecule has 2 aliphatic heterocycles. The first-order valence-electron chi connectivity index (χ1n) is 7.29. The summed E-state index contributed by atoms with van der Waals surface area (Å²) in [6.07, 6.45) is 3.88. The quantitative estimate of drug-likeness (QED) is 0.751. The van der Waals surface area contributed by atoms with Crippen LogP contribution in [0.4, 0.5) is 0 Å². The van der Waals surface area contributed by atoms with E-state index in [2.05, 4.69) is 13.8 Å². The van der Waals surface area contributed by atoms with E-state index in [1.807, 2.05) is 0 Å². The van der Waals surface area contributed by atoms with E-state index in [1.165, 1.54) is 0 Å². The topological polar surface area (TPSA) is 40.6 Å². The second-order valence-corrected chi connectivity index (χ2v) is 8.21. The summed E-state index contributed by atoms with van der Waals surface area (Å²) in [5.74, 6) is 1.44. The molecule has 6 heteroatoms. The van der Waals surface area contributed by atoms with Gasteiger partial charge in [0.1, 0.15) is 0 Å². The van der Waals surface area contributed by atoms with Crippen molar-refractivity contribution in [1.82, 2.24) is 8.61 Å². The first-order chi connectivity index (χ1) is 8.96. The van der Waals surface area contributed by atoms with Crippen molar-refractivity contribution in [2.45, 2.75) is 45.6 Å². The third-order valence-corrected chi connectivity index (χ3v) is 7.08. The predicted molar refractivity (Wildman–Crippen MR) is 78.5 cm³/mol. The molecule has 3 atom stereocenters. The zero-order valence-electron chi connectivity index (χ0n) is 11.9. The molecule has 2 aliphatic rings. The highest BCUT2D eigenvalue weighted by Gasteiger charge is 2.38. The summed E-state index contributed by atoms with van der Waals surface area (Å²) in [4.78, 5) is 0. The number of hydrogen-bond donors (Lipinski definition) is 0. The third kappa shape index (κ3) is 3.26. The minimum absolute atomic E-state index is 0.0185. The standard InChI is InChI=1S/C13H25ClN2O2S/c1-11-6-8-15(10-12(11)2)19(17,18)16-7-4-3-5-13(16)9-14/h11-13H,3-10H2,1-2H3. The molecule has 4 nitrogen and oxygen atoms in total. The lowest BCUT2D eigenvalue weighted by molar-refractivity contribution is 0.186. The van der Waals surface area contributed by atoms with Gasteiger partial charge in [0.05, 0.1) is 0 Å². The van der Waals surface area contributed by atoms with Gasteiger partial charge in [-0.1, -0.05) is 20.3 Å². The van der Waals surface area contributed by atoms with E-state index in [-0.39, 0.29) is 6.04 Å². The second kappa shape index (κ2) is 6.29. The van der Waals surface area contributed by atoms with Gasteiger partial charge in [-0.3, -0.25) is 0 Å². The highest BCUT2D eigenvalue weighted by molar-refractivity contribution is 7.86. The minimum Gasteiger partial charge on any atom is -0.195 e. The maximum absolute atomic E-state index is 12.8. The van der Waals surface area contributed by atoms with Crippen LogP contribution in [0.15, 0.2) is 0 Å². The maximum atomic E-state index is 12.8. The summed E-state index contributed by atoms with van der Waals surface area (Å²) in [5, 5.41) is 0. The lowest BCUT2D eigenvalue weighted by atomic mass is 9.90. The minimum atomic E-state index is -3.32. The summed E-state index contributed by atoms with van der Waals surface area (Å²) in [6, 6.07) is -0.0185. The molecule has 0 aromatic heterocycles. The van der Waals surface area contributed by atoms with Gasteiger partial charge in [0, 0.05) is 31.6 Å². The molecule has 2 heterocycles. The maximum Gasteiger partial charge on any atom is 0.282 e. The smallest absolute Gasteiger partial charge is 0.195 e. The van der Waals surface area contributed by atoms with E-state index in [0.29, 0.717) is 37.4 Å². The molecular formula is C13H25ClN2O2S. The molecule has 2 rings (SSSR count). The Morgan fingerprint density at radius 3 is 2.47 bits per heavy atom. The molecule has 0 radical (unpaired) electrons. The molecule has 112 valence electrons. The molecule has 0 bridgehead atoms. The van der Waals surface area contributed by atoms with Crippen molar-refractivity contribution in [3.8, 4) is 0 Å². The summed E-state index contributed by atoms with van der Waals surface area (Å²) in [5.41, 5.74) is 0. The fourth-order valence-corrected chi connectivity index (χ4v) is 5.39. The SMILES string of the molecule is CC1CCN(S(=O)(=O)N2CCCCC2CCl)CC1C. The average Bonchev–Trinajstić information content (AvgIpc) is 2.41. The Hall–Kier alpha value is 0.160. The number of nitrogens with zero attached hydrogens (tertiary/aromatic N) is 2. The van der Waals surface area contributed by atoms with Crippen molar-refractivity contribution < 1.29 is 8.42 Å². The van der Waals surface area contributed by atoms with Crippen molar-refractivity contribution in [1.29, 1.82) is 0 Å². The Morgan fingerprint density at radius 2 is 1.84 bits per heavy atom. The zero-order chi connectivity index (χ0) is 14.0. The number of rotatable bonds is 3. The lowest BCUT2D eigenvalue weighted by Gasteiger charge is -2.41. The zero-order valence-corrected chi connectivity index (χ0v) is 13.5. The molecule has 0 amide bonds. The lowest BCUT2D eigenvalue weighted by Crippen LogP contribution is -2.54. The fourth-order valence-electron chi connectivity index (χ4n) is 3.01. The highest BCUT2D eigenvalue weighted by atomic mass is 35.5. The number of halogens is 1. The van der Waals surface area contributed by atoms with Crippen molar-refractivity contribution in [3.05, 3.63) is 0 Å². The van der Waals surface area contributed by atoms with Crippen LogP contribution >= 0.6 is 11.6 Å². The molecule has 0 spiro atoms. The van der Waals surface area contributed by atoms with Crippen molar-refractivity contribution in [2.24, 2.45) is 11.8 Å². The van der Waals surface area contributed by atoms with Crippen LogP contribution in [0, 0.1) is 11.8 Å². The number of hydrogen-bond acceptors (Lipinski definition) is 2. The number of alkyl halides is 1. The van der Waals surface area contributed by atoms with Gasteiger partial charge < -0.3 is 0 Å². The Kier molecular flexibility index (Phi) is 5.15. The average molecular weight is 309 g/mol. The van der Waals surface area contributed by atoms with E-state index in [4.69, 9.17) is 11.6 Å². The van der Waals surface area contributed by atoms with E-state index in [0.717, 1.165) is 25.7 Å². The summed E-state index contributed by atoms with van der Waals surface area (Å²) in [6.45, 7) is 6.27. The van der Waals surface area contributed by atoms with Crippen molar-refractivity contribution in [3.63, 3.8) is 0 Å². The summed E-state index contributed by atoms with van der Waals surface area (Å²) < 4.78 is 28.8. The Balaban J connectivity index is 2.12. The second-order valence-electron chi connectivity index (χ2n) is 6.02. The van der Waals surface area contributed by atoms with Gasteiger partial charge in [-0.2, -0.15) is 17.0 Å². The molecule has 3 unspecified atom stereocenters. The Labute approximate surface area is 122 Å². The van der Waals surface area contributed by atoms with E-state index in [1.54, 1.807) is 8.61 Å². The summed E-state index contributed by atoms with van der Waals surface area (Å²) >= 11 is 5.95. The molecule has 0 aromatic carbocycles. The Bertz CT molecular complexity index is 401. The summed E-state index contributed by atoms with van der Waals surface area (Å²) in [7, 11) is -3.32. The number of piperidine rings is 2. The van der Waals surface area contributed by atoms with Crippen LogP contribution in [-0.4, -0.2) is 48.6 Å². The predicted octanol–water partition coefficient (Wildman–Crippen LogP) is 2.30. The van der Waals surface area contributed by atoms with Crippen LogP contribution in [0.2, 0.25) is 0 Å². The van der Waals surface area contributed by atoms with Gasteiger partial charge in [-0.05, 0) is 31.1 Å². The van der Waals surface area contributed by atoms with Crippen LogP contribution < -0.4 is 0 Å². The molecule has 2 saturated heterocycles. The van der Waals surface area contributed by atoms with Crippen LogP contribution in [0.3, 0.4) is 0 Å². The molecule has 0 saturated carbocycles. The molecule has 0 N–H and O–H groups in total. The molecular weight excluding hydrogens is 284 g/mol. The normalized spacial score (nSPS) is 35.4. The highest BCUT2D eigenvalue weighted by Crippen LogP contribution is 2.29. The first kappa shape index (κ1) is 15.5. The van der Waals surface area contributed by atoms with Gasteiger partial charge in [-0.15, -0.1) is 11.6 Å². The largest absolute Gasteiger partial charge is 0.282 e. The fraction of sp³-hybridized carbons (Fsp3) is 1.00. The van der Waals surface area contributed by atoms with Gasteiger partial charge in [-0.25, -0.2) is 0 Å². The van der Waals surface area contributed by atoms with Crippen LogP contribution in [0.5, 0.6) is 0 Å². The van der Waals surface area contributed by atoms with Gasteiger partial charge in [0.2, 0.25) is 0 Å². The van der Waals surface area contributed by atoms with E-state index in [9.17, 15) is 8.42 Å². The van der Waals surface area contributed by atoms with E-state index < -0.39 is 10.2 Å². The molecule has 2 fully saturated rings. The van der Waals surface area contributed by atoms with Crippen LogP contribution in [0.25, 0.3) is 0 Å². The first-order valence-corrected chi connectivity index (χ1v) is 9.23. The van der Waals surface area contributed by atoms with Crippen LogP contribution in [0.1, 0.15) is 39.5 Å².